The third kappa shape index (κ3) is 3.67. The van der Waals surface area contributed by atoms with Crippen LogP contribution in [-0.4, -0.2) is 20.2 Å². The van der Waals surface area contributed by atoms with E-state index in [2.05, 4.69) is 17.3 Å². The first kappa shape index (κ1) is 13.8. The van der Waals surface area contributed by atoms with Crippen molar-refractivity contribution in [1.29, 1.82) is 0 Å². The zero-order chi connectivity index (χ0) is 13.7. The van der Waals surface area contributed by atoms with Gasteiger partial charge in [-0.3, -0.25) is 8.89 Å². The van der Waals surface area contributed by atoms with E-state index in [1.54, 1.807) is 6.26 Å². The molecule has 1 aromatic carbocycles. The fourth-order valence-corrected chi connectivity index (χ4v) is 2.71. The predicted octanol–water partition coefficient (Wildman–Crippen LogP) is 2.39. The van der Waals surface area contributed by atoms with Gasteiger partial charge in [-0.15, -0.1) is 0 Å². The van der Waals surface area contributed by atoms with Gasteiger partial charge in [-0.05, 0) is 24.6 Å². The minimum atomic E-state index is -0.831. The third-order valence-corrected chi connectivity index (χ3v) is 3.66. The highest BCUT2D eigenvalue weighted by molar-refractivity contribution is 7.83. The number of aryl methyl sites for hydroxylation is 1. The Morgan fingerprint density at radius 1 is 1.32 bits per heavy atom. The standard InChI is InChI=1S/C14H19N3OS/c1-3-17-13(8-9-16-17)10-15-14-7-5-4-6-12(14)11-19(2)18/h4-9,15H,3,10-11H2,1-2H3/t19-/m1/s1. The van der Waals surface area contributed by atoms with Crippen molar-refractivity contribution in [3.05, 3.63) is 47.8 Å². The lowest BCUT2D eigenvalue weighted by Crippen LogP contribution is -2.09. The summed E-state index contributed by atoms with van der Waals surface area (Å²) >= 11 is 0. The van der Waals surface area contributed by atoms with Gasteiger partial charge >= 0.3 is 0 Å². The molecule has 0 bridgehead atoms. The molecule has 4 nitrogen and oxygen atoms in total. The van der Waals surface area contributed by atoms with Crippen LogP contribution < -0.4 is 5.32 Å². The molecule has 102 valence electrons. The smallest absolute Gasteiger partial charge is 0.0575 e. The highest BCUT2D eigenvalue weighted by Gasteiger charge is 2.05. The van der Waals surface area contributed by atoms with Gasteiger partial charge in [0.2, 0.25) is 0 Å². The molecule has 0 radical (unpaired) electrons. The van der Waals surface area contributed by atoms with Gasteiger partial charge < -0.3 is 5.32 Å². The molecule has 0 amide bonds. The van der Waals surface area contributed by atoms with Crippen molar-refractivity contribution < 1.29 is 4.21 Å². The lowest BCUT2D eigenvalue weighted by molar-refractivity contribution is 0.627. The van der Waals surface area contributed by atoms with Gasteiger partial charge in [-0.25, -0.2) is 0 Å². The van der Waals surface area contributed by atoms with Crippen molar-refractivity contribution in [3.8, 4) is 0 Å². The second kappa shape index (κ2) is 6.52. The zero-order valence-corrected chi connectivity index (χ0v) is 12.1. The number of aromatic nitrogens is 2. The molecule has 1 N–H and O–H groups in total. The molecule has 2 rings (SSSR count). The van der Waals surface area contributed by atoms with Crippen LogP contribution in [0.5, 0.6) is 0 Å². The summed E-state index contributed by atoms with van der Waals surface area (Å²) in [6, 6.07) is 10.0. The van der Waals surface area contributed by atoms with Gasteiger partial charge in [0.1, 0.15) is 0 Å². The molecule has 0 aliphatic rings. The lowest BCUT2D eigenvalue weighted by Gasteiger charge is -2.12. The van der Waals surface area contributed by atoms with Crippen LogP contribution in [0.4, 0.5) is 5.69 Å². The van der Waals surface area contributed by atoms with Crippen LogP contribution in [0.3, 0.4) is 0 Å². The Hall–Kier alpha value is -1.62. The van der Waals surface area contributed by atoms with Crippen molar-refractivity contribution in [2.75, 3.05) is 11.6 Å². The Morgan fingerprint density at radius 2 is 2.11 bits per heavy atom. The molecule has 1 heterocycles. The van der Waals surface area contributed by atoms with Crippen molar-refractivity contribution in [2.24, 2.45) is 0 Å². The van der Waals surface area contributed by atoms with Crippen LogP contribution >= 0.6 is 0 Å². The van der Waals surface area contributed by atoms with E-state index >= 15 is 0 Å². The largest absolute Gasteiger partial charge is 0.379 e. The van der Waals surface area contributed by atoms with E-state index in [1.165, 1.54) is 0 Å². The Bertz CT molecular complexity index is 565. The summed E-state index contributed by atoms with van der Waals surface area (Å²) in [6.07, 6.45) is 3.54. The molecule has 0 aliphatic carbocycles. The maximum Gasteiger partial charge on any atom is 0.0575 e. The SMILES string of the molecule is CCn1nccc1CNc1ccccc1C[S@@](C)=O. The van der Waals surface area contributed by atoms with Crippen molar-refractivity contribution in [3.63, 3.8) is 0 Å². The quantitative estimate of drug-likeness (QED) is 0.882. The molecule has 1 atom stereocenters. The summed E-state index contributed by atoms with van der Waals surface area (Å²) in [5, 5.41) is 7.65. The molecule has 0 spiro atoms. The van der Waals surface area contributed by atoms with Gasteiger partial charge in [0.25, 0.3) is 0 Å². The molecule has 19 heavy (non-hydrogen) atoms. The van der Waals surface area contributed by atoms with Crippen molar-refractivity contribution >= 4 is 16.5 Å². The number of nitrogens with zero attached hydrogens (tertiary/aromatic N) is 2. The van der Waals surface area contributed by atoms with E-state index in [0.717, 1.165) is 30.0 Å². The lowest BCUT2D eigenvalue weighted by atomic mass is 10.2. The molecule has 0 fully saturated rings. The summed E-state index contributed by atoms with van der Waals surface area (Å²) in [5.74, 6) is 0.580. The van der Waals surface area contributed by atoms with Gasteiger partial charge in [-0.1, -0.05) is 18.2 Å². The van der Waals surface area contributed by atoms with Crippen LogP contribution in [-0.2, 0) is 29.6 Å². The minimum absolute atomic E-state index is 0.580. The number of hydrogen-bond acceptors (Lipinski definition) is 3. The van der Waals surface area contributed by atoms with Crippen LogP contribution in [0.25, 0.3) is 0 Å². The van der Waals surface area contributed by atoms with Crippen LogP contribution in [0.2, 0.25) is 0 Å². The average molecular weight is 277 g/mol. The van der Waals surface area contributed by atoms with Gasteiger partial charge in [0.15, 0.2) is 0 Å². The zero-order valence-electron chi connectivity index (χ0n) is 11.3. The number of nitrogens with one attached hydrogen (secondary N) is 1. The van der Waals surface area contributed by atoms with Gasteiger partial charge in [0, 0.05) is 35.5 Å². The molecule has 0 saturated carbocycles. The highest BCUT2D eigenvalue weighted by Crippen LogP contribution is 2.17. The summed E-state index contributed by atoms with van der Waals surface area (Å²) < 4.78 is 13.3. The number of rotatable bonds is 6. The Balaban J connectivity index is 2.09. The van der Waals surface area contributed by atoms with E-state index in [9.17, 15) is 4.21 Å². The van der Waals surface area contributed by atoms with E-state index < -0.39 is 10.8 Å². The first-order chi connectivity index (χ1) is 9.20. The molecular formula is C14H19N3OS. The number of anilines is 1. The monoisotopic (exact) mass is 277 g/mol. The van der Waals surface area contributed by atoms with E-state index in [0.29, 0.717) is 5.75 Å². The predicted molar refractivity (Wildman–Crippen MR) is 79.4 cm³/mol. The molecule has 0 saturated heterocycles. The Morgan fingerprint density at radius 3 is 2.84 bits per heavy atom. The summed E-state index contributed by atoms with van der Waals surface area (Å²) in [5.41, 5.74) is 3.28. The second-order valence-electron chi connectivity index (χ2n) is 4.37. The minimum Gasteiger partial charge on any atom is -0.379 e. The summed E-state index contributed by atoms with van der Waals surface area (Å²) in [6.45, 7) is 3.66. The third-order valence-electron chi connectivity index (χ3n) is 2.94. The maximum absolute atomic E-state index is 11.4. The fraction of sp³-hybridized carbons (Fsp3) is 0.357. The number of para-hydroxylation sites is 1. The normalized spacial score (nSPS) is 12.3. The topological polar surface area (TPSA) is 46.9 Å². The average Bonchev–Trinajstić information content (AvgIpc) is 2.84. The fourth-order valence-electron chi connectivity index (χ4n) is 2.02. The first-order valence-corrected chi connectivity index (χ1v) is 8.06. The van der Waals surface area contributed by atoms with Gasteiger partial charge in [0.05, 0.1) is 18.0 Å². The van der Waals surface area contributed by atoms with E-state index in [-0.39, 0.29) is 0 Å². The molecule has 0 unspecified atom stereocenters. The summed E-state index contributed by atoms with van der Waals surface area (Å²) in [7, 11) is -0.831. The van der Waals surface area contributed by atoms with Crippen LogP contribution in [0.15, 0.2) is 36.5 Å². The highest BCUT2D eigenvalue weighted by atomic mass is 32.2. The number of hydrogen-bond donors (Lipinski definition) is 1. The van der Waals surface area contributed by atoms with E-state index in [4.69, 9.17) is 0 Å². The van der Waals surface area contributed by atoms with Crippen molar-refractivity contribution in [1.82, 2.24) is 9.78 Å². The second-order valence-corrected chi connectivity index (χ2v) is 5.80. The Labute approximate surface area is 116 Å². The first-order valence-electron chi connectivity index (χ1n) is 6.33. The Kier molecular flexibility index (Phi) is 4.74. The molecule has 2 aromatic rings. The molecular weight excluding hydrogens is 258 g/mol. The van der Waals surface area contributed by atoms with Crippen LogP contribution in [0, 0.1) is 0 Å². The van der Waals surface area contributed by atoms with Crippen molar-refractivity contribution in [2.45, 2.75) is 25.8 Å². The van der Waals surface area contributed by atoms with E-state index in [1.807, 2.05) is 41.2 Å². The molecule has 5 heteroatoms. The maximum atomic E-state index is 11.4. The van der Waals surface area contributed by atoms with Crippen LogP contribution in [0.1, 0.15) is 18.2 Å². The summed E-state index contributed by atoms with van der Waals surface area (Å²) in [4.78, 5) is 0. The molecule has 1 aromatic heterocycles. The number of benzene rings is 1. The molecule has 0 aliphatic heterocycles. The van der Waals surface area contributed by atoms with Gasteiger partial charge in [-0.2, -0.15) is 5.10 Å².